The van der Waals surface area contributed by atoms with Gasteiger partial charge in [0.05, 0.1) is 12.5 Å². The summed E-state index contributed by atoms with van der Waals surface area (Å²) < 4.78 is 42.0. The van der Waals surface area contributed by atoms with E-state index in [4.69, 9.17) is 13.9 Å². The summed E-state index contributed by atoms with van der Waals surface area (Å²) in [5.74, 6) is 0.415. The van der Waals surface area contributed by atoms with Crippen molar-refractivity contribution in [2.45, 2.75) is 24.7 Å². The minimum atomic E-state index is -3.51. The number of hydrazone groups is 1. The highest BCUT2D eigenvalue weighted by atomic mass is 32.2. The first-order valence-electron chi connectivity index (χ1n) is 12.9. The number of nitrogens with zero attached hydrogens (tertiary/aromatic N) is 2. The second-order valence-electron chi connectivity index (χ2n) is 9.22. The number of rotatable bonds is 13. The molecule has 9 nitrogen and oxygen atoms in total. The van der Waals surface area contributed by atoms with Gasteiger partial charge in [-0.3, -0.25) is 4.79 Å². The van der Waals surface area contributed by atoms with E-state index in [9.17, 15) is 13.2 Å². The summed E-state index contributed by atoms with van der Waals surface area (Å²) in [7, 11) is -3.51. The Bertz CT molecular complexity index is 1670. The standard InChI is InChI=1S/C31H27N3O6S2/c35-31(29-20-41-30(33-29)22-42(36,37)21-26-12-7-13-38-26)34-32-17-25-14-27(39-18-23-8-3-1-4-9-23)16-28(15-25)40-19-24-10-5-2-6-11-24/h1-17,20H,18-19,21-22H2,(H,34,35)/b32-17+. The van der Waals surface area contributed by atoms with Crippen molar-refractivity contribution in [3.8, 4) is 11.5 Å². The molecule has 0 unspecified atom stereocenters. The highest BCUT2D eigenvalue weighted by Crippen LogP contribution is 2.24. The lowest BCUT2D eigenvalue weighted by Gasteiger charge is -2.11. The number of thiazole rings is 1. The molecule has 0 fully saturated rings. The minimum Gasteiger partial charge on any atom is -0.489 e. The van der Waals surface area contributed by atoms with E-state index in [0.717, 1.165) is 22.5 Å². The van der Waals surface area contributed by atoms with Crippen molar-refractivity contribution in [1.82, 2.24) is 10.4 Å². The Morgan fingerprint density at radius 3 is 2.12 bits per heavy atom. The lowest BCUT2D eigenvalue weighted by Crippen LogP contribution is -2.18. The second kappa shape index (κ2) is 13.7. The summed E-state index contributed by atoms with van der Waals surface area (Å²) >= 11 is 1.09. The van der Waals surface area contributed by atoms with Gasteiger partial charge in [0, 0.05) is 17.0 Å². The Kier molecular flexibility index (Phi) is 9.42. The first-order valence-corrected chi connectivity index (χ1v) is 15.6. The van der Waals surface area contributed by atoms with Crippen LogP contribution in [0.5, 0.6) is 11.5 Å². The third kappa shape index (κ3) is 8.63. The van der Waals surface area contributed by atoms with E-state index in [-0.39, 0.29) is 17.2 Å². The van der Waals surface area contributed by atoms with Crippen LogP contribution in [0.1, 0.15) is 37.9 Å². The Labute approximate surface area is 247 Å². The average Bonchev–Trinajstić information content (AvgIpc) is 3.68. The summed E-state index contributed by atoms with van der Waals surface area (Å²) in [5.41, 5.74) is 5.21. The average molecular weight is 602 g/mol. The van der Waals surface area contributed by atoms with E-state index in [1.807, 2.05) is 60.7 Å². The van der Waals surface area contributed by atoms with Gasteiger partial charge in [0.15, 0.2) is 9.84 Å². The molecule has 0 aliphatic heterocycles. The third-order valence-electron chi connectivity index (χ3n) is 5.85. The van der Waals surface area contributed by atoms with Gasteiger partial charge in [-0.2, -0.15) is 5.10 Å². The van der Waals surface area contributed by atoms with Crippen LogP contribution in [0.3, 0.4) is 0 Å². The number of carbonyl (C=O) groups is 1. The predicted octanol–water partition coefficient (Wildman–Crippen LogP) is 5.77. The van der Waals surface area contributed by atoms with E-state index in [1.165, 1.54) is 17.9 Å². The van der Waals surface area contributed by atoms with E-state index < -0.39 is 15.7 Å². The second-order valence-corrected chi connectivity index (χ2v) is 12.2. The first kappa shape index (κ1) is 28.8. The largest absolute Gasteiger partial charge is 0.489 e. The Hall–Kier alpha value is -4.74. The normalized spacial score (nSPS) is 11.4. The van der Waals surface area contributed by atoms with Gasteiger partial charge in [-0.1, -0.05) is 60.7 Å². The number of ether oxygens (including phenoxy) is 2. The molecule has 11 heteroatoms. The number of hydrogen-bond acceptors (Lipinski definition) is 9. The number of benzene rings is 3. The smallest absolute Gasteiger partial charge is 0.290 e. The number of hydrogen-bond donors (Lipinski definition) is 1. The molecule has 2 aromatic heterocycles. The Balaban J connectivity index is 1.23. The molecule has 0 atom stereocenters. The van der Waals surface area contributed by atoms with E-state index in [1.54, 1.807) is 30.3 Å². The van der Waals surface area contributed by atoms with Crippen LogP contribution in [0.15, 0.2) is 112 Å². The molecule has 0 radical (unpaired) electrons. The van der Waals surface area contributed by atoms with Crippen molar-refractivity contribution in [2.75, 3.05) is 0 Å². The predicted molar refractivity (Wildman–Crippen MR) is 160 cm³/mol. The van der Waals surface area contributed by atoms with Crippen LogP contribution >= 0.6 is 11.3 Å². The summed E-state index contributed by atoms with van der Waals surface area (Å²) in [6, 6.07) is 28.2. The summed E-state index contributed by atoms with van der Waals surface area (Å²) in [5, 5.41) is 5.87. The van der Waals surface area contributed by atoms with Crippen LogP contribution in [-0.4, -0.2) is 25.5 Å². The fourth-order valence-corrected chi connectivity index (χ4v) is 6.38. The molecule has 0 saturated heterocycles. The van der Waals surface area contributed by atoms with Gasteiger partial charge in [-0.25, -0.2) is 18.8 Å². The number of furan rings is 1. The zero-order valence-electron chi connectivity index (χ0n) is 22.4. The minimum absolute atomic E-state index is 0.0761. The zero-order valence-corrected chi connectivity index (χ0v) is 24.0. The molecule has 42 heavy (non-hydrogen) atoms. The summed E-state index contributed by atoms with van der Waals surface area (Å²) in [6.45, 7) is 0.749. The van der Waals surface area contributed by atoms with Crippen LogP contribution in [0, 0.1) is 0 Å². The number of carbonyl (C=O) groups excluding carboxylic acids is 1. The molecule has 0 saturated carbocycles. The summed E-state index contributed by atoms with van der Waals surface area (Å²) in [6.07, 6.45) is 2.90. The Morgan fingerprint density at radius 2 is 1.52 bits per heavy atom. The topological polar surface area (TPSA) is 120 Å². The van der Waals surface area contributed by atoms with Crippen molar-refractivity contribution in [1.29, 1.82) is 0 Å². The maximum absolute atomic E-state index is 12.6. The number of nitrogens with one attached hydrogen (secondary N) is 1. The number of sulfone groups is 1. The van der Waals surface area contributed by atoms with Crippen LogP contribution in [-0.2, 0) is 34.6 Å². The quantitative estimate of drug-likeness (QED) is 0.134. The highest BCUT2D eigenvalue weighted by Gasteiger charge is 2.19. The molecule has 5 aromatic rings. The molecule has 3 aromatic carbocycles. The van der Waals surface area contributed by atoms with Gasteiger partial charge < -0.3 is 13.9 Å². The molecule has 214 valence electrons. The first-order chi connectivity index (χ1) is 20.4. The van der Waals surface area contributed by atoms with Crippen molar-refractivity contribution in [3.05, 3.63) is 136 Å². The van der Waals surface area contributed by atoms with Crippen molar-refractivity contribution in [3.63, 3.8) is 0 Å². The van der Waals surface area contributed by atoms with E-state index in [0.29, 0.717) is 41.0 Å². The van der Waals surface area contributed by atoms with Gasteiger partial charge in [0.1, 0.15) is 52.7 Å². The van der Waals surface area contributed by atoms with Crippen LogP contribution in [0.25, 0.3) is 0 Å². The molecule has 0 aliphatic rings. The molecule has 5 rings (SSSR count). The van der Waals surface area contributed by atoms with Crippen LogP contribution in [0.2, 0.25) is 0 Å². The fourth-order valence-electron chi connectivity index (χ4n) is 3.87. The van der Waals surface area contributed by atoms with Crippen molar-refractivity contribution in [2.24, 2.45) is 5.10 Å². The molecule has 2 heterocycles. The third-order valence-corrected chi connectivity index (χ3v) is 8.32. The van der Waals surface area contributed by atoms with Gasteiger partial charge in [-0.05, 0) is 35.4 Å². The van der Waals surface area contributed by atoms with Gasteiger partial charge >= 0.3 is 0 Å². The fraction of sp³-hybridized carbons (Fsp3) is 0.129. The zero-order chi connectivity index (χ0) is 29.2. The van der Waals surface area contributed by atoms with Gasteiger partial charge in [0.25, 0.3) is 5.91 Å². The van der Waals surface area contributed by atoms with Gasteiger partial charge in [-0.15, -0.1) is 11.3 Å². The van der Waals surface area contributed by atoms with E-state index >= 15 is 0 Å². The van der Waals surface area contributed by atoms with Crippen molar-refractivity contribution < 1.29 is 27.1 Å². The van der Waals surface area contributed by atoms with Crippen LogP contribution < -0.4 is 14.9 Å². The van der Waals surface area contributed by atoms with E-state index in [2.05, 4.69) is 15.5 Å². The van der Waals surface area contributed by atoms with Crippen molar-refractivity contribution >= 4 is 33.3 Å². The molecule has 0 spiro atoms. The molecular formula is C31H27N3O6S2. The highest BCUT2D eigenvalue weighted by molar-refractivity contribution is 7.89. The molecule has 1 amide bonds. The Morgan fingerprint density at radius 1 is 0.881 bits per heavy atom. The van der Waals surface area contributed by atoms with Crippen LogP contribution in [0.4, 0.5) is 0 Å². The lowest BCUT2D eigenvalue weighted by molar-refractivity contribution is 0.0950. The summed E-state index contributed by atoms with van der Waals surface area (Å²) in [4.78, 5) is 16.8. The number of aromatic nitrogens is 1. The molecular weight excluding hydrogens is 574 g/mol. The SMILES string of the molecule is O=C(N/N=C/c1cc(OCc2ccccc2)cc(OCc2ccccc2)c1)c1csc(CS(=O)(=O)Cc2ccco2)n1. The lowest BCUT2D eigenvalue weighted by atomic mass is 10.2. The maximum atomic E-state index is 12.6. The molecule has 0 bridgehead atoms. The molecule has 0 aliphatic carbocycles. The van der Waals surface area contributed by atoms with Gasteiger partial charge in [0.2, 0.25) is 0 Å². The molecule has 1 N–H and O–H groups in total. The number of amides is 1. The maximum Gasteiger partial charge on any atom is 0.290 e. The monoisotopic (exact) mass is 601 g/mol.